The zero-order chi connectivity index (χ0) is 15.1. The lowest BCUT2D eigenvalue weighted by atomic mass is 9.91. The third-order valence-electron chi connectivity index (χ3n) is 2.74. The molecule has 108 valence electrons. The standard InChI is InChI=1S/C11H9ClF4N4/c12-6-3-5(1-2-7(6)13)10(18)8(11(14,15)16)4-19-9(17)20-10/h1-4H,18H2,(H3,17,19,20). The molecule has 4 nitrogen and oxygen atoms in total. The van der Waals surface area contributed by atoms with Gasteiger partial charge in [0.05, 0.1) is 10.6 Å². The van der Waals surface area contributed by atoms with Crippen molar-refractivity contribution < 1.29 is 17.6 Å². The molecule has 20 heavy (non-hydrogen) atoms. The molecule has 0 saturated heterocycles. The lowest BCUT2D eigenvalue weighted by molar-refractivity contribution is -0.102. The third kappa shape index (κ3) is 2.44. The van der Waals surface area contributed by atoms with Crippen molar-refractivity contribution in [1.29, 1.82) is 0 Å². The molecular weight excluding hydrogens is 300 g/mol. The van der Waals surface area contributed by atoms with Gasteiger partial charge in [0.15, 0.2) is 11.6 Å². The van der Waals surface area contributed by atoms with Crippen LogP contribution in [0.3, 0.4) is 0 Å². The Morgan fingerprint density at radius 3 is 2.50 bits per heavy atom. The van der Waals surface area contributed by atoms with Crippen LogP contribution in [0.4, 0.5) is 17.6 Å². The molecule has 0 saturated carbocycles. The molecule has 5 N–H and O–H groups in total. The molecule has 9 heteroatoms. The highest BCUT2D eigenvalue weighted by molar-refractivity contribution is 6.30. The Morgan fingerprint density at radius 2 is 1.95 bits per heavy atom. The number of guanidine groups is 1. The van der Waals surface area contributed by atoms with Gasteiger partial charge in [0.25, 0.3) is 0 Å². The molecule has 1 aromatic carbocycles. The second kappa shape index (κ2) is 4.64. The number of hydrogen-bond acceptors (Lipinski definition) is 4. The van der Waals surface area contributed by atoms with E-state index in [1.807, 2.05) is 0 Å². The summed E-state index contributed by atoms with van der Waals surface area (Å²) in [6.45, 7) is 0. The number of alkyl halides is 3. The summed E-state index contributed by atoms with van der Waals surface area (Å²) in [4.78, 5) is 3.59. The molecule has 0 amide bonds. The summed E-state index contributed by atoms with van der Waals surface area (Å²) in [6, 6.07) is 2.97. The summed E-state index contributed by atoms with van der Waals surface area (Å²) in [5, 5.41) is 1.79. The second-order valence-corrected chi connectivity index (χ2v) is 4.50. The Bertz CT molecular complexity index is 611. The number of hydrogen-bond donors (Lipinski definition) is 3. The van der Waals surface area contributed by atoms with Gasteiger partial charge in [-0.25, -0.2) is 9.38 Å². The molecule has 0 fully saturated rings. The van der Waals surface area contributed by atoms with Crippen molar-refractivity contribution in [3.05, 3.63) is 46.4 Å². The largest absolute Gasteiger partial charge is 0.418 e. The molecule has 1 aromatic rings. The van der Waals surface area contributed by atoms with Crippen molar-refractivity contribution in [3.8, 4) is 0 Å². The molecule has 1 unspecified atom stereocenters. The average molecular weight is 309 g/mol. The van der Waals surface area contributed by atoms with E-state index in [9.17, 15) is 17.6 Å². The highest BCUT2D eigenvalue weighted by Gasteiger charge is 2.49. The van der Waals surface area contributed by atoms with Crippen molar-refractivity contribution >= 4 is 17.6 Å². The number of aliphatic imine (C=N–C) groups is 1. The van der Waals surface area contributed by atoms with E-state index in [4.69, 9.17) is 23.1 Å². The van der Waals surface area contributed by atoms with Crippen molar-refractivity contribution in [3.63, 3.8) is 0 Å². The molecule has 1 aliphatic heterocycles. The van der Waals surface area contributed by atoms with E-state index in [-0.39, 0.29) is 16.5 Å². The molecule has 1 aliphatic rings. The predicted octanol–water partition coefficient (Wildman–Crippen LogP) is 1.95. The van der Waals surface area contributed by atoms with Gasteiger partial charge in [-0.15, -0.1) is 0 Å². The average Bonchev–Trinajstić information content (AvgIpc) is 2.30. The van der Waals surface area contributed by atoms with Crippen LogP contribution in [0.5, 0.6) is 0 Å². The third-order valence-corrected chi connectivity index (χ3v) is 3.03. The molecule has 2 rings (SSSR count). The van der Waals surface area contributed by atoms with Crippen molar-refractivity contribution in [2.24, 2.45) is 16.5 Å². The van der Waals surface area contributed by atoms with E-state index in [2.05, 4.69) is 10.3 Å². The second-order valence-electron chi connectivity index (χ2n) is 4.09. The van der Waals surface area contributed by atoms with Crippen LogP contribution >= 0.6 is 11.6 Å². The molecule has 1 atom stereocenters. The molecule has 0 spiro atoms. The van der Waals surface area contributed by atoms with Crippen molar-refractivity contribution in [2.75, 3.05) is 0 Å². The van der Waals surface area contributed by atoms with Gasteiger partial charge in [-0.2, -0.15) is 13.2 Å². The van der Waals surface area contributed by atoms with Gasteiger partial charge < -0.3 is 11.1 Å². The van der Waals surface area contributed by atoms with E-state index >= 15 is 0 Å². The van der Waals surface area contributed by atoms with Crippen molar-refractivity contribution in [1.82, 2.24) is 5.32 Å². The van der Waals surface area contributed by atoms with Gasteiger partial charge in [-0.1, -0.05) is 17.7 Å². The molecule has 1 heterocycles. The number of benzene rings is 1. The quantitative estimate of drug-likeness (QED) is 0.694. The molecular formula is C11H9ClF4N4. The Kier molecular flexibility index (Phi) is 3.39. The first kappa shape index (κ1) is 14.6. The Morgan fingerprint density at radius 1 is 1.30 bits per heavy atom. The minimum Gasteiger partial charge on any atom is -0.370 e. The number of nitrogens with two attached hydrogens (primary N) is 2. The highest BCUT2D eigenvalue weighted by atomic mass is 35.5. The summed E-state index contributed by atoms with van der Waals surface area (Å²) in [6.07, 6.45) is -4.12. The van der Waals surface area contributed by atoms with Gasteiger partial charge in [-0.3, -0.25) is 5.73 Å². The predicted molar refractivity (Wildman–Crippen MR) is 66.2 cm³/mol. The number of nitrogens with zero attached hydrogens (tertiary/aromatic N) is 1. The van der Waals surface area contributed by atoms with Crippen molar-refractivity contribution in [2.45, 2.75) is 11.8 Å². The van der Waals surface area contributed by atoms with Crippen LogP contribution < -0.4 is 16.8 Å². The van der Waals surface area contributed by atoms with Crippen LogP contribution in [0.15, 0.2) is 35.0 Å². The Labute approximate surface area is 116 Å². The van der Waals surface area contributed by atoms with E-state index in [1.165, 1.54) is 0 Å². The van der Waals surface area contributed by atoms with Gasteiger partial charge in [-0.05, 0) is 12.1 Å². The van der Waals surface area contributed by atoms with Gasteiger partial charge in [0.2, 0.25) is 0 Å². The maximum absolute atomic E-state index is 13.1. The lowest BCUT2D eigenvalue weighted by Crippen LogP contribution is -2.49. The normalized spacial score (nSPS) is 22.9. The fraction of sp³-hybridized carbons (Fsp3) is 0.182. The van der Waals surface area contributed by atoms with Crippen LogP contribution in [-0.2, 0) is 5.66 Å². The zero-order valence-corrected chi connectivity index (χ0v) is 10.6. The Hall–Kier alpha value is -1.80. The van der Waals surface area contributed by atoms with E-state index in [0.717, 1.165) is 18.2 Å². The van der Waals surface area contributed by atoms with Crippen LogP contribution in [0.2, 0.25) is 5.02 Å². The lowest BCUT2D eigenvalue weighted by Gasteiger charge is -2.33. The fourth-order valence-corrected chi connectivity index (χ4v) is 1.97. The first-order chi connectivity index (χ1) is 9.14. The number of halogens is 5. The molecule has 0 radical (unpaired) electrons. The van der Waals surface area contributed by atoms with E-state index in [1.54, 1.807) is 0 Å². The summed E-state index contributed by atoms with van der Waals surface area (Å²) in [7, 11) is 0. The fourth-order valence-electron chi connectivity index (χ4n) is 1.79. The first-order valence-corrected chi connectivity index (χ1v) is 5.66. The topological polar surface area (TPSA) is 76.4 Å². The Balaban J connectivity index is 2.61. The monoisotopic (exact) mass is 308 g/mol. The summed E-state index contributed by atoms with van der Waals surface area (Å²) in [5.74, 6) is -1.07. The van der Waals surface area contributed by atoms with Crippen LogP contribution in [0, 0.1) is 5.82 Å². The summed E-state index contributed by atoms with van der Waals surface area (Å²) in [5.41, 5.74) is 7.52. The maximum atomic E-state index is 13.1. The van der Waals surface area contributed by atoms with Gasteiger partial charge in [0.1, 0.15) is 5.82 Å². The first-order valence-electron chi connectivity index (χ1n) is 5.28. The maximum Gasteiger partial charge on any atom is 0.418 e. The van der Waals surface area contributed by atoms with E-state index in [0.29, 0.717) is 6.20 Å². The minimum absolute atomic E-state index is 0.128. The zero-order valence-electron chi connectivity index (χ0n) is 9.80. The minimum atomic E-state index is -4.74. The SMILES string of the molecule is NC1=NC(N)(c2ccc(F)c(Cl)c2)C(C(F)(F)F)=CN1. The highest BCUT2D eigenvalue weighted by Crippen LogP contribution is 2.41. The molecule has 0 bridgehead atoms. The van der Waals surface area contributed by atoms with Gasteiger partial charge in [0, 0.05) is 11.8 Å². The van der Waals surface area contributed by atoms with Crippen LogP contribution in [-0.4, -0.2) is 12.1 Å². The molecule has 0 aromatic heterocycles. The number of rotatable bonds is 1. The van der Waals surface area contributed by atoms with E-state index < -0.39 is 23.2 Å². The molecule has 0 aliphatic carbocycles. The smallest absolute Gasteiger partial charge is 0.370 e. The number of nitrogens with one attached hydrogen (secondary N) is 1. The van der Waals surface area contributed by atoms with Crippen LogP contribution in [0.1, 0.15) is 5.56 Å². The summed E-state index contributed by atoms with van der Waals surface area (Å²) >= 11 is 5.57. The summed E-state index contributed by atoms with van der Waals surface area (Å²) < 4.78 is 52.2. The van der Waals surface area contributed by atoms with Crippen LogP contribution in [0.25, 0.3) is 0 Å². The van der Waals surface area contributed by atoms with Gasteiger partial charge >= 0.3 is 6.18 Å².